The van der Waals surface area contributed by atoms with E-state index in [0.29, 0.717) is 25.2 Å². The highest BCUT2D eigenvalue weighted by Crippen LogP contribution is 2.22. The second-order valence-electron chi connectivity index (χ2n) is 7.53. The quantitative estimate of drug-likeness (QED) is 0.845. The van der Waals surface area contributed by atoms with Crippen molar-refractivity contribution < 1.29 is 9.59 Å². The predicted molar refractivity (Wildman–Crippen MR) is 89.6 cm³/mol. The van der Waals surface area contributed by atoms with Gasteiger partial charge in [-0.25, -0.2) is 0 Å². The molecular weight excluding hydrogens is 278 g/mol. The highest BCUT2D eigenvalue weighted by atomic mass is 16.2. The molecule has 0 aromatic heterocycles. The summed E-state index contributed by atoms with van der Waals surface area (Å²) in [5.41, 5.74) is -0.240. The third-order valence-electron chi connectivity index (χ3n) is 4.17. The molecule has 0 aromatic carbocycles. The highest BCUT2D eigenvalue weighted by molar-refractivity contribution is 5.82. The van der Waals surface area contributed by atoms with E-state index in [-0.39, 0.29) is 23.9 Å². The molecule has 1 heterocycles. The highest BCUT2D eigenvalue weighted by Gasteiger charge is 2.29. The zero-order valence-corrected chi connectivity index (χ0v) is 15.1. The second-order valence-corrected chi connectivity index (χ2v) is 7.53. The zero-order chi connectivity index (χ0) is 16.9. The van der Waals surface area contributed by atoms with E-state index >= 15 is 0 Å². The molecule has 1 saturated heterocycles. The normalized spacial score (nSPS) is 22.8. The Bertz CT molecular complexity index is 380. The lowest BCUT2D eigenvalue weighted by Crippen LogP contribution is -2.52. The first kappa shape index (κ1) is 18.9. The molecule has 5 heteroatoms. The first-order chi connectivity index (χ1) is 10.1. The minimum atomic E-state index is -0.240. The van der Waals surface area contributed by atoms with Crippen LogP contribution in [0.4, 0.5) is 0 Å². The van der Waals surface area contributed by atoms with Crippen LogP contribution in [0.2, 0.25) is 0 Å². The summed E-state index contributed by atoms with van der Waals surface area (Å²) in [6.45, 7) is 13.4. The van der Waals surface area contributed by atoms with E-state index in [1.807, 2.05) is 37.5 Å². The maximum Gasteiger partial charge on any atom is 0.237 e. The van der Waals surface area contributed by atoms with Gasteiger partial charge in [0.15, 0.2) is 0 Å². The van der Waals surface area contributed by atoms with Gasteiger partial charge in [0, 0.05) is 17.6 Å². The van der Waals surface area contributed by atoms with Gasteiger partial charge in [-0.15, -0.1) is 0 Å². The summed E-state index contributed by atoms with van der Waals surface area (Å²) in [7, 11) is 0. The van der Waals surface area contributed by atoms with Gasteiger partial charge in [-0.3, -0.25) is 14.5 Å². The molecule has 0 spiro atoms. The smallest absolute Gasteiger partial charge is 0.237 e. The van der Waals surface area contributed by atoms with Crippen LogP contribution in [0, 0.1) is 0 Å². The molecular formula is C17H33N3O2. The number of nitrogens with one attached hydrogen (secondary N) is 1. The van der Waals surface area contributed by atoms with Crippen LogP contribution < -0.4 is 5.32 Å². The number of hydrogen-bond donors (Lipinski definition) is 1. The number of likely N-dealkylation sites (tertiary alicyclic amines) is 1. The average molecular weight is 311 g/mol. The van der Waals surface area contributed by atoms with E-state index in [2.05, 4.69) is 19.2 Å². The molecule has 2 atom stereocenters. The van der Waals surface area contributed by atoms with Gasteiger partial charge >= 0.3 is 0 Å². The number of piperidine rings is 1. The van der Waals surface area contributed by atoms with Gasteiger partial charge in [-0.2, -0.15) is 0 Å². The molecule has 1 rings (SSSR count). The standard InChI is InChI=1S/C17H33N3O2/c1-7-19(11-15(21)18-17(4,5)6)12-16(22)20-13(2)9-8-10-14(20)3/h13-14H,7-12H2,1-6H3,(H,18,21). The maximum atomic E-state index is 12.6. The summed E-state index contributed by atoms with van der Waals surface area (Å²) in [6.07, 6.45) is 3.34. The Balaban J connectivity index is 2.57. The molecule has 0 aliphatic carbocycles. The molecule has 1 N–H and O–H groups in total. The number of nitrogens with zero attached hydrogens (tertiary/aromatic N) is 2. The minimum absolute atomic E-state index is 0.0260. The van der Waals surface area contributed by atoms with Gasteiger partial charge in [0.2, 0.25) is 11.8 Å². The number of amides is 2. The number of likely N-dealkylation sites (N-methyl/N-ethyl adjacent to an activating group) is 1. The molecule has 1 fully saturated rings. The van der Waals surface area contributed by atoms with Gasteiger partial charge in [0.05, 0.1) is 13.1 Å². The largest absolute Gasteiger partial charge is 0.350 e. The van der Waals surface area contributed by atoms with Gasteiger partial charge < -0.3 is 10.2 Å². The molecule has 2 unspecified atom stereocenters. The Labute approximate surface area is 135 Å². The van der Waals surface area contributed by atoms with Crippen LogP contribution in [0.5, 0.6) is 0 Å². The number of carbonyl (C=O) groups excluding carboxylic acids is 2. The van der Waals surface area contributed by atoms with Crippen LogP contribution >= 0.6 is 0 Å². The van der Waals surface area contributed by atoms with Crippen molar-refractivity contribution in [1.82, 2.24) is 15.1 Å². The Kier molecular flexibility index (Phi) is 6.85. The van der Waals surface area contributed by atoms with Gasteiger partial charge in [0.25, 0.3) is 0 Å². The van der Waals surface area contributed by atoms with Crippen molar-refractivity contribution >= 4 is 11.8 Å². The monoisotopic (exact) mass is 311 g/mol. The Morgan fingerprint density at radius 3 is 2.14 bits per heavy atom. The van der Waals surface area contributed by atoms with E-state index < -0.39 is 0 Å². The van der Waals surface area contributed by atoms with E-state index in [9.17, 15) is 9.59 Å². The molecule has 0 radical (unpaired) electrons. The lowest BCUT2D eigenvalue weighted by molar-refractivity contribution is -0.138. The average Bonchev–Trinajstić information content (AvgIpc) is 2.35. The maximum absolute atomic E-state index is 12.6. The van der Waals surface area contributed by atoms with E-state index in [4.69, 9.17) is 0 Å². The van der Waals surface area contributed by atoms with Crippen molar-refractivity contribution in [2.24, 2.45) is 0 Å². The Hall–Kier alpha value is -1.10. The summed E-state index contributed by atoms with van der Waals surface area (Å²) in [5, 5.41) is 2.95. The molecule has 2 amide bonds. The second kappa shape index (κ2) is 7.95. The number of carbonyl (C=O) groups is 2. The van der Waals surface area contributed by atoms with E-state index in [1.165, 1.54) is 6.42 Å². The van der Waals surface area contributed by atoms with Crippen molar-refractivity contribution in [2.75, 3.05) is 19.6 Å². The lowest BCUT2D eigenvalue weighted by atomic mass is 9.97. The fourth-order valence-corrected chi connectivity index (χ4v) is 3.13. The molecule has 128 valence electrons. The first-order valence-corrected chi connectivity index (χ1v) is 8.48. The van der Waals surface area contributed by atoms with Gasteiger partial charge in [0.1, 0.15) is 0 Å². The summed E-state index contributed by atoms with van der Waals surface area (Å²) < 4.78 is 0. The summed E-state index contributed by atoms with van der Waals surface area (Å²) in [4.78, 5) is 28.6. The van der Waals surface area contributed by atoms with Crippen LogP contribution in [-0.2, 0) is 9.59 Å². The molecule has 0 bridgehead atoms. The van der Waals surface area contributed by atoms with Crippen LogP contribution in [0.15, 0.2) is 0 Å². The zero-order valence-electron chi connectivity index (χ0n) is 15.1. The van der Waals surface area contributed by atoms with Crippen molar-refractivity contribution in [3.63, 3.8) is 0 Å². The van der Waals surface area contributed by atoms with Gasteiger partial charge in [-0.1, -0.05) is 6.92 Å². The number of rotatable bonds is 5. The van der Waals surface area contributed by atoms with Crippen molar-refractivity contribution in [1.29, 1.82) is 0 Å². The Morgan fingerprint density at radius 1 is 1.14 bits per heavy atom. The fourth-order valence-electron chi connectivity index (χ4n) is 3.13. The van der Waals surface area contributed by atoms with Gasteiger partial charge in [-0.05, 0) is 60.4 Å². The molecule has 22 heavy (non-hydrogen) atoms. The molecule has 1 aliphatic rings. The molecule has 0 saturated carbocycles. The van der Waals surface area contributed by atoms with Crippen LogP contribution in [0.3, 0.4) is 0 Å². The fraction of sp³-hybridized carbons (Fsp3) is 0.882. The Morgan fingerprint density at radius 2 is 1.68 bits per heavy atom. The third-order valence-corrected chi connectivity index (χ3v) is 4.17. The lowest BCUT2D eigenvalue weighted by Gasteiger charge is -2.40. The topological polar surface area (TPSA) is 52.7 Å². The van der Waals surface area contributed by atoms with E-state index in [1.54, 1.807) is 0 Å². The summed E-state index contributed by atoms with van der Waals surface area (Å²) in [5.74, 6) is 0.118. The minimum Gasteiger partial charge on any atom is -0.350 e. The molecule has 1 aliphatic heterocycles. The SMILES string of the molecule is CCN(CC(=O)NC(C)(C)C)CC(=O)N1C(C)CCCC1C. The van der Waals surface area contributed by atoms with Crippen molar-refractivity contribution in [3.8, 4) is 0 Å². The number of hydrogen-bond acceptors (Lipinski definition) is 3. The first-order valence-electron chi connectivity index (χ1n) is 8.48. The van der Waals surface area contributed by atoms with Crippen LogP contribution in [0.1, 0.15) is 60.8 Å². The summed E-state index contributed by atoms with van der Waals surface area (Å²) >= 11 is 0. The third kappa shape index (κ3) is 5.95. The van der Waals surface area contributed by atoms with E-state index in [0.717, 1.165) is 12.8 Å². The summed E-state index contributed by atoms with van der Waals surface area (Å²) in [6, 6.07) is 0.608. The van der Waals surface area contributed by atoms with Crippen molar-refractivity contribution in [2.45, 2.75) is 78.4 Å². The van der Waals surface area contributed by atoms with Crippen molar-refractivity contribution in [3.05, 3.63) is 0 Å². The van der Waals surface area contributed by atoms with Crippen LogP contribution in [-0.4, -0.2) is 58.9 Å². The molecule has 0 aromatic rings. The van der Waals surface area contributed by atoms with Crippen LogP contribution in [0.25, 0.3) is 0 Å². The predicted octanol–water partition coefficient (Wildman–Crippen LogP) is 2.01. The molecule has 5 nitrogen and oxygen atoms in total.